The third-order valence-corrected chi connectivity index (χ3v) is 8.49. The molecule has 3 atom stereocenters. The van der Waals surface area contributed by atoms with Gasteiger partial charge in [-0.3, -0.25) is 9.59 Å². The molecule has 11 heteroatoms. The summed E-state index contributed by atoms with van der Waals surface area (Å²) in [5, 5.41) is 2.62. The fourth-order valence-electron chi connectivity index (χ4n) is 4.63. The lowest BCUT2D eigenvalue weighted by Gasteiger charge is -2.43. The number of rotatable bonds is 9. The summed E-state index contributed by atoms with van der Waals surface area (Å²) in [5.41, 5.74) is 1.58. The molecule has 0 saturated carbocycles. The summed E-state index contributed by atoms with van der Waals surface area (Å²) in [6, 6.07) is 22.1. The lowest BCUT2D eigenvalue weighted by atomic mass is 9.96. The number of carbonyl (C=O) groups excluding carboxylic acids is 3. The molecule has 10 nitrogen and oxygen atoms in total. The fourth-order valence-corrected chi connectivity index (χ4v) is 6.18. The predicted octanol–water partition coefficient (Wildman–Crippen LogP) is 1.84. The number of fused-ring (bicyclic) bond motifs is 1. The summed E-state index contributed by atoms with van der Waals surface area (Å²) in [7, 11) is -4.18. The summed E-state index contributed by atoms with van der Waals surface area (Å²) in [4.78, 5) is 40.1. The molecule has 0 spiro atoms. The van der Waals surface area contributed by atoms with E-state index in [1.807, 2.05) is 19.1 Å². The second kappa shape index (κ2) is 10.9. The first-order valence-corrected chi connectivity index (χ1v) is 13.8. The van der Waals surface area contributed by atoms with Crippen LogP contribution in [0.15, 0.2) is 89.8 Å². The zero-order valence-electron chi connectivity index (χ0n) is 21.1. The van der Waals surface area contributed by atoms with E-state index >= 15 is 0 Å². The molecule has 202 valence electrons. The van der Waals surface area contributed by atoms with Crippen molar-refractivity contribution in [2.24, 2.45) is 0 Å². The van der Waals surface area contributed by atoms with Gasteiger partial charge in [0.1, 0.15) is 18.4 Å². The van der Waals surface area contributed by atoms with E-state index < -0.39 is 46.1 Å². The van der Waals surface area contributed by atoms with Crippen LogP contribution in [0.3, 0.4) is 0 Å². The Hall–Kier alpha value is -4.22. The third kappa shape index (κ3) is 5.36. The van der Waals surface area contributed by atoms with Gasteiger partial charge in [-0.2, -0.15) is 4.31 Å². The van der Waals surface area contributed by atoms with Crippen molar-refractivity contribution < 1.29 is 32.3 Å². The van der Waals surface area contributed by atoms with E-state index in [0.29, 0.717) is 11.3 Å². The van der Waals surface area contributed by atoms with E-state index in [9.17, 15) is 22.8 Å². The number of ether oxygens (including phenoxy) is 2. The number of hydrogen-bond acceptors (Lipinski definition) is 7. The highest BCUT2D eigenvalue weighted by Crippen LogP contribution is 2.37. The van der Waals surface area contributed by atoms with Crippen LogP contribution in [0, 0.1) is 6.92 Å². The molecule has 2 heterocycles. The Morgan fingerprint density at radius 2 is 1.59 bits per heavy atom. The number of benzene rings is 3. The molecule has 2 fully saturated rings. The molecular formula is C28H27N3O7S. The zero-order valence-corrected chi connectivity index (χ0v) is 21.9. The van der Waals surface area contributed by atoms with Crippen LogP contribution in [0.2, 0.25) is 0 Å². The molecule has 2 unspecified atom stereocenters. The highest BCUT2D eigenvalue weighted by atomic mass is 32.2. The number of amides is 2. The highest BCUT2D eigenvalue weighted by molar-refractivity contribution is 7.89. The lowest BCUT2D eigenvalue weighted by molar-refractivity contribution is -0.167. The van der Waals surface area contributed by atoms with Crippen LogP contribution in [0.25, 0.3) is 0 Å². The Bertz CT molecular complexity index is 1460. The first kappa shape index (κ1) is 26.4. The maximum atomic E-state index is 13.6. The Kier molecular flexibility index (Phi) is 7.36. The Labute approximate surface area is 226 Å². The van der Waals surface area contributed by atoms with Gasteiger partial charge >= 0.3 is 5.97 Å². The molecule has 0 aromatic heterocycles. The SMILES string of the molecule is Cc1ccc(S(=O)(=O)N2CC3[C@@H](NC(=O)COc4ccccc4)C(=O)N3C2C(=O)OCc2ccccc2)cc1. The topological polar surface area (TPSA) is 122 Å². The molecule has 2 saturated heterocycles. The van der Waals surface area contributed by atoms with Gasteiger partial charge in [0.05, 0.1) is 10.9 Å². The average molecular weight is 550 g/mol. The predicted molar refractivity (Wildman–Crippen MR) is 140 cm³/mol. The quantitative estimate of drug-likeness (QED) is 0.319. The zero-order chi connectivity index (χ0) is 27.6. The van der Waals surface area contributed by atoms with Gasteiger partial charge in [0, 0.05) is 6.54 Å². The van der Waals surface area contributed by atoms with Gasteiger partial charge in [-0.25, -0.2) is 13.2 Å². The van der Waals surface area contributed by atoms with Crippen molar-refractivity contribution in [1.82, 2.24) is 14.5 Å². The largest absolute Gasteiger partial charge is 0.484 e. The second-order valence-corrected chi connectivity index (χ2v) is 11.2. The minimum atomic E-state index is -4.18. The number of sulfonamides is 1. The van der Waals surface area contributed by atoms with E-state index in [2.05, 4.69) is 5.32 Å². The van der Waals surface area contributed by atoms with Crippen molar-refractivity contribution in [1.29, 1.82) is 0 Å². The average Bonchev–Trinajstić information content (AvgIpc) is 3.32. The molecule has 2 aliphatic rings. The lowest BCUT2D eigenvalue weighted by Crippen LogP contribution is -2.71. The molecule has 5 rings (SSSR count). The van der Waals surface area contributed by atoms with Crippen molar-refractivity contribution in [3.8, 4) is 5.75 Å². The number of β-lactam (4-membered cyclic amide) rings is 1. The molecular weight excluding hydrogens is 522 g/mol. The van der Waals surface area contributed by atoms with E-state index in [-0.39, 0.29) is 24.7 Å². The monoisotopic (exact) mass is 549 g/mol. The van der Waals surface area contributed by atoms with Crippen LogP contribution in [0.4, 0.5) is 0 Å². The van der Waals surface area contributed by atoms with Crippen molar-refractivity contribution in [3.05, 3.63) is 96.1 Å². The first-order chi connectivity index (χ1) is 18.8. The maximum Gasteiger partial charge on any atom is 0.345 e. The number of esters is 1. The van der Waals surface area contributed by atoms with Crippen molar-refractivity contribution in [2.75, 3.05) is 13.2 Å². The normalized spacial score (nSPS) is 20.6. The summed E-state index contributed by atoms with van der Waals surface area (Å²) >= 11 is 0. The number of hydrogen-bond donors (Lipinski definition) is 1. The third-order valence-electron chi connectivity index (χ3n) is 6.66. The van der Waals surface area contributed by atoms with Gasteiger partial charge in [0.25, 0.3) is 5.91 Å². The standard InChI is InChI=1S/C28H27N3O7S/c1-19-12-14-22(15-13-19)39(35,36)30-16-23-25(29-24(32)18-37-21-10-6-3-7-11-21)27(33)31(23)26(30)28(34)38-17-20-8-4-2-5-9-20/h2-15,23,25-26H,16-18H2,1H3,(H,29,32)/t23?,25-,26?/m1/s1. The second-order valence-electron chi connectivity index (χ2n) is 9.31. The molecule has 2 amide bonds. The van der Waals surface area contributed by atoms with Crippen molar-refractivity contribution >= 4 is 27.8 Å². The van der Waals surface area contributed by atoms with Crippen molar-refractivity contribution in [3.63, 3.8) is 0 Å². The Balaban J connectivity index is 1.34. The highest BCUT2D eigenvalue weighted by Gasteiger charge is 2.63. The van der Waals surface area contributed by atoms with Crippen LogP contribution >= 0.6 is 0 Å². The van der Waals surface area contributed by atoms with Crippen LogP contribution in [0.5, 0.6) is 5.75 Å². The number of carbonyl (C=O) groups is 3. The number of nitrogens with zero attached hydrogens (tertiary/aromatic N) is 2. The summed E-state index contributed by atoms with van der Waals surface area (Å²) in [5.74, 6) is -1.49. The van der Waals surface area contributed by atoms with Gasteiger partial charge in [-0.1, -0.05) is 66.2 Å². The Morgan fingerprint density at radius 1 is 0.949 bits per heavy atom. The smallest absolute Gasteiger partial charge is 0.345 e. The van der Waals surface area contributed by atoms with Crippen LogP contribution < -0.4 is 10.1 Å². The van der Waals surface area contributed by atoms with Gasteiger partial charge in [-0.15, -0.1) is 0 Å². The number of nitrogens with one attached hydrogen (secondary N) is 1. The van der Waals surface area contributed by atoms with Gasteiger partial charge in [-0.05, 0) is 36.8 Å². The van der Waals surface area contributed by atoms with Gasteiger partial charge < -0.3 is 19.7 Å². The minimum absolute atomic E-state index is 0.0132. The van der Waals surface area contributed by atoms with Crippen LogP contribution in [-0.4, -0.2) is 66.8 Å². The molecule has 0 radical (unpaired) electrons. The van der Waals surface area contributed by atoms with Gasteiger partial charge in [0.15, 0.2) is 12.8 Å². The maximum absolute atomic E-state index is 13.6. The molecule has 39 heavy (non-hydrogen) atoms. The van der Waals surface area contributed by atoms with Gasteiger partial charge in [0.2, 0.25) is 15.9 Å². The summed E-state index contributed by atoms with van der Waals surface area (Å²) in [6.07, 6.45) is -1.49. The minimum Gasteiger partial charge on any atom is -0.484 e. The van der Waals surface area contributed by atoms with E-state index in [0.717, 1.165) is 9.87 Å². The molecule has 1 N–H and O–H groups in total. The summed E-state index contributed by atoms with van der Waals surface area (Å²) in [6.45, 7) is 1.24. The Morgan fingerprint density at radius 3 is 2.26 bits per heavy atom. The molecule has 0 bridgehead atoms. The number of aryl methyl sites for hydroxylation is 1. The van der Waals surface area contributed by atoms with Crippen molar-refractivity contribution in [2.45, 2.75) is 36.7 Å². The van der Waals surface area contributed by atoms with Crippen LogP contribution in [0.1, 0.15) is 11.1 Å². The summed E-state index contributed by atoms with van der Waals surface area (Å²) < 4.78 is 39.1. The molecule has 0 aliphatic carbocycles. The van der Waals surface area contributed by atoms with E-state index in [1.54, 1.807) is 60.7 Å². The van der Waals surface area contributed by atoms with E-state index in [1.165, 1.54) is 17.0 Å². The number of para-hydroxylation sites is 1. The fraction of sp³-hybridized carbons (Fsp3) is 0.250. The van der Waals surface area contributed by atoms with E-state index in [4.69, 9.17) is 9.47 Å². The molecule has 2 aliphatic heterocycles. The first-order valence-electron chi connectivity index (χ1n) is 12.3. The molecule has 3 aromatic carbocycles. The van der Waals surface area contributed by atoms with Crippen LogP contribution in [-0.2, 0) is 35.8 Å². The molecule has 3 aromatic rings.